The van der Waals surface area contributed by atoms with Crippen molar-refractivity contribution < 1.29 is 9.59 Å². The molecule has 0 bridgehead atoms. The third-order valence-electron chi connectivity index (χ3n) is 5.04. The molecule has 20 heavy (non-hydrogen) atoms. The van der Waals surface area contributed by atoms with Crippen molar-refractivity contribution in [2.75, 3.05) is 12.3 Å². The molecule has 4 nitrogen and oxygen atoms in total. The van der Waals surface area contributed by atoms with Crippen LogP contribution in [0, 0.1) is 5.92 Å². The van der Waals surface area contributed by atoms with Crippen molar-refractivity contribution in [3.05, 3.63) is 0 Å². The number of rotatable bonds is 3. The average molecular weight is 296 g/mol. The fourth-order valence-corrected chi connectivity index (χ4v) is 5.20. The lowest BCUT2D eigenvalue weighted by atomic mass is 9.89. The van der Waals surface area contributed by atoms with Crippen molar-refractivity contribution in [1.82, 2.24) is 10.2 Å². The summed E-state index contributed by atoms with van der Waals surface area (Å²) in [7, 11) is 0. The molecule has 1 aliphatic carbocycles. The quantitative estimate of drug-likeness (QED) is 0.868. The number of nitrogens with zero attached hydrogens (tertiary/aromatic N) is 1. The lowest BCUT2D eigenvalue weighted by molar-refractivity contribution is -0.138. The van der Waals surface area contributed by atoms with Gasteiger partial charge in [0.25, 0.3) is 0 Å². The monoisotopic (exact) mass is 296 g/mol. The van der Waals surface area contributed by atoms with E-state index in [2.05, 4.69) is 12.2 Å². The fourth-order valence-electron chi connectivity index (χ4n) is 3.77. The van der Waals surface area contributed by atoms with Crippen LogP contribution >= 0.6 is 11.8 Å². The van der Waals surface area contributed by atoms with Gasteiger partial charge in [0.2, 0.25) is 11.8 Å². The van der Waals surface area contributed by atoms with Gasteiger partial charge in [-0.3, -0.25) is 9.59 Å². The summed E-state index contributed by atoms with van der Waals surface area (Å²) in [5.74, 6) is 1.60. The third kappa shape index (κ3) is 2.57. The Morgan fingerprint density at radius 2 is 2.15 bits per heavy atom. The second-order valence-electron chi connectivity index (χ2n) is 6.51. The molecule has 3 rings (SSSR count). The third-order valence-corrected chi connectivity index (χ3v) is 6.54. The highest BCUT2D eigenvalue weighted by Crippen LogP contribution is 2.47. The maximum atomic E-state index is 12.4. The highest BCUT2D eigenvalue weighted by atomic mass is 32.2. The van der Waals surface area contributed by atoms with Crippen LogP contribution in [0.4, 0.5) is 0 Å². The van der Waals surface area contributed by atoms with Crippen molar-refractivity contribution in [2.24, 2.45) is 5.92 Å². The number of thioether (sulfide) groups is 1. The van der Waals surface area contributed by atoms with Crippen molar-refractivity contribution in [3.8, 4) is 0 Å². The van der Waals surface area contributed by atoms with Crippen LogP contribution < -0.4 is 5.32 Å². The minimum Gasteiger partial charge on any atom is -0.354 e. The fraction of sp³-hybridized carbons (Fsp3) is 0.867. The van der Waals surface area contributed by atoms with Gasteiger partial charge < -0.3 is 10.2 Å². The molecular formula is C15H24N2O2S. The SMILES string of the molecule is C[C@]12CCC(=O)N1[C@@H](C(=O)NCC1CCCCC1)CS2. The molecule has 0 aromatic rings. The Labute approximate surface area is 125 Å². The maximum absolute atomic E-state index is 12.4. The number of carbonyl (C=O) groups is 2. The molecule has 112 valence electrons. The Morgan fingerprint density at radius 3 is 2.90 bits per heavy atom. The Balaban J connectivity index is 1.56. The van der Waals surface area contributed by atoms with Crippen LogP contribution in [0.5, 0.6) is 0 Å². The predicted octanol–water partition coefficient (Wildman–Crippen LogP) is 2.14. The Morgan fingerprint density at radius 1 is 1.40 bits per heavy atom. The zero-order valence-electron chi connectivity index (χ0n) is 12.2. The maximum Gasteiger partial charge on any atom is 0.243 e. The first-order valence-corrected chi connectivity index (χ1v) is 8.82. The van der Waals surface area contributed by atoms with Gasteiger partial charge in [0.15, 0.2) is 0 Å². The smallest absolute Gasteiger partial charge is 0.243 e. The second-order valence-corrected chi connectivity index (χ2v) is 8.02. The molecule has 0 aromatic heterocycles. The molecule has 2 amide bonds. The molecule has 3 fully saturated rings. The average Bonchev–Trinajstić information content (AvgIpc) is 2.95. The Kier molecular flexibility index (Phi) is 3.98. The van der Waals surface area contributed by atoms with E-state index < -0.39 is 0 Å². The first-order valence-electron chi connectivity index (χ1n) is 7.84. The summed E-state index contributed by atoms with van der Waals surface area (Å²) in [6, 6.07) is -0.247. The molecule has 2 saturated heterocycles. The molecule has 0 aromatic carbocycles. The number of carbonyl (C=O) groups excluding carboxylic acids is 2. The van der Waals surface area contributed by atoms with E-state index in [-0.39, 0.29) is 22.7 Å². The number of hydrogen-bond donors (Lipinski definition) is 1. The zero-order valence-corrected chi connectivity index (χ0v) is 13.0. The molecule has 1 N–H and O–H groups in total. The van der Waals surface area contributed by atoms with E-state index >= 15 is 0 Å². The molecule has 5 heteroatoms. The molecule has 0 radical (unpaired) electrons. The van der Waals surface area contributed by atoms with E-state index in [1.54, 1.807) is 11.8 Å². The summed E-state index contributed by atoms with van der Waals surface area (Å²) < 4.78 is 0. The summed E-state index contributed by atoms with van der Waals surface area (Å²) >= 11 is 1.76. The van der Waals surface area contributed by atoms with E-state index in [0.717, 1.165) is 18.7 Å². The largest absolute Gasteiger partial charge is 0.354 e. The Hall–Kier alpha value is -0.710. The van der Waals surface area contributed by atoms with Crippen molar-refractivity contribution in [2.45, 2.75) is 62.8 Å². The molecule has 0 unspecified atom stereocenters. The number of fused-ring (bicyclic) bond motifs is 1. The van der Waals surface area contributed by atoms with E-state index in [1.807, 2.05) is 4.90 Å². The summed E-state index contributed by atoms with van der Waals surface area (Å²) in [5, 5.41) is 3.10. The predicted molar refractivity (Wildman–Crippen MR) is 80.3 cm³/mol. The lowest BCUT2D eigenvalue weighted by Crippen LogP contribution is -2.50. The standard InChI is InChI=1S/C15H24N2O2S/c1-15-8-7-13(18)17(15)12(10-20-15)14(19)16-9-11-5-3-2-4-6-11/h11-12H,2-10H2,1H3,(H,16,19)/t12-,15+/m1/s1. The van der Waals surface area contributed by atoms with Gasteiger partial charge in [0.05, 0.1) is 4.87 Å². The van der Waals surface area contributed by atoms with Crippen LogP contribution in [0.3, 0.4) is 0 Å². The van der Waals surface area contributed by atoms with Crippen LogP contribution in [0.25, 0.3) is 0 Å². The highest BCUT2D eigenvalue weighted by Gasteiger charge is 2.52. The molecule has 2 heterocycles. The van der Waals surface area contributed by atoms with E-state index in [9.17, 15) is 9.59 Å². The number of hydrogen-bond acceptors (Lipinski definition) is 3. The molecule has 1 saturated carbocycles. The van der Waals surface area contributed by atoms with Gasteiger partial charge in [-0.25, -0.2) is 0 Å². The lowest BCUT2D eigenvalue weighted by Gasteiger charge is -2.30. The van der Waals surface area contributed by atoms with Crippen LogP contribution in [-0.4, -0.2) is 39.9 Å². The normalized spacial score (nSPS) is 34.4. The molecular weight excluding hydrogens is 272 g/mol. The number of nitrogens with one attached hydrogen (secondary N) is 1. The summed E-state index contributed by atoms with van der Waals surface area (Å²) in [6.45, 7) is 2.88. The van der Waals surface area contributed by atoms with Crippen LogP contribution in [0.15, 0.2) is 0 Å². The first kappa shape index (κ1) is 14.2. The van der Waals surface area contributed by atoms with Crippen molar-refractivity contribution in [1.29, 1.82) is 0 Å². The van der Waals surface area contributed by atoms with E-state index in [1.165, 1.54) is 32.1 Å². The first-order chi connectivity index (χ1) is 9.60. The topological polar surface area (TPSA) is 49.4 Å². The molecule has 3 aliphatic rings. The van der Waals surface area contributed by atoms with Crippen molar-refractivity contribution in [3.63, 3.8) is 0 Å². The van der Waals surface area contributed by atoms with Gasteiger partial charge in [-0.2, -0.15) is 0 Å². The summed E-state index contributed by atoms with van der Waals surface area (Å²) in [4.78, 5) is 26.1. The summed E-state index contributed by atoms with van der Waals surface area (Å²) in [5.41, 5.74) is 0. The molecule has 2 atom stereocenters. The van der Waals surface area contributed by atoms with Crippen LogP contribution in [-0.2, 0) is 9.59 Å². The highest BCUT2D eigenvalue weighted by molar-refractivity contribution is 8.01. The van der Waals surface area contributed by atoms with Gasteiger partial charge in [0, 0.05) is 18.7 Å². The van der Waals surface area contributed by atoms with Gasteiger partial charge in [-0.05, 0) is 32.1 Å². The molecule has 0 spiro atoms. The van der Waals surface area contributed by atoms with Gasteiger partial charge in [0.1, 0.15) is 6.04 Å². The zero-order chi connectivity index (χ0) is 14.2. The Bertz CT molecular complexity index is 409. The van der Waals surface area contributed by atoms with E-state index in [4.69, 9.17) is 0 Å². The van der Waals surface area contributed by atoms with Crippen LogP contribution in [0.1, 0.15) is 51.9 Å². The van der Waals surface area contributed by atoms with E-state index in [0.29, 0.717) is 12.3 Å². The van der Waals surface area contributed by atoms with Gasteiger partial charge in [-0.1, -0.05) is 19.3 Å². The minimum atomic E-state index is -0.247. The second kappa shape index (κ2) is 5.58. The number of amides is 2. The van der Waals surface area contributed by atoms with Crippen molar-refractivity contribution >= 4 is 23.6 Å². The van der Waals surface area contributed by atoms with Gasteiger partial charge in [-0.15, -0.1) is 11.8 Å². The minimum absolute atomic E-state index is 0.0575. The summed E-state index contributed by atoms with van der Waals surface area (Å²) in [6.07, 6.45) is 7.87. The van der Waals surface area contributed by atoms with Gasteiger partial charge >= 0.3 is 0 Å². The van der Waals surface area contributed by atoms with Crippen LogP contribution in [0.2, 0.25) is 0 Å². The molecule has 2 aliphatic heterocycles.